The SMILES string of the molecule is COc1cnc(OC2CCN(C(=O)c3cc(C4CC4)on3)CC2)nc1. The van der Waals surface area contributed by atoms with Crippen LogP contribution in [0.15, 0.2) is 23.0 Å². The van der Waals surface area contributed by atoms with Crippen molar-refractivity contribution in [2.45, 2.75) is 37.7 Å². The largest absolute Gasteiger partial charge is 0.494 e. The van der Waals surface area contributed by atoms with E-state index in [4.69, 9.17) is 14.0 Å². The lowest BCUT2D eigenvalue weighted by molar-refractivity contribution is 0.0569. The van der Waals surface area contributed by atoms with E-state index < -0.39 is 0 Å². The molecule has 1 saturated heterocycles. The molecule has 8 heteroatoms. The van der Waals surface area contributed by atoms with Gasteiger partial charge in [0, 0.05) is 37.9 Å². The Kier molecular flexibility index (Phi) is 4.25. The molecule has 2 aliphatic rings. The van der Waals surface area contributed by atoms with Gasteiger partial charge in [0.25, 0.3) is 5.91 Å². The summed E-state index contributed by atoms with van der Waals surface area (Å²) in [5, 5.41) is 3.93. The predicted molar refractivity (Wildman–Crippen MR) is 86.6 cm³/mol. The normalized spacial score (nSPS) is 18.2. The average Bonchev–Trinajstić information content (AvgIpc) is 3.39. The lowest BCUT2D eigenvalue weighted by Crippen LogP contribution is -2.42. The first kappa shape index (κ1) is 15.9. The summed E-state index contributed by atoms with van der Waals surface area (Å²) >= 11 is 0. The highest BCUT2D eigenvalue weighted by Crippen LogP contribution is 2.40. The molecule has 3 heterocycles. The van der Waals surface area contributed by atoms with Crippen molar-refractivity contribution in [3.05, 3.63) is 29.9 Å². The van der Waals surface area contributed by atoms with Crippen molar-refractivity contribution in [2.75, 3.05) is 20.2 Å². The van der Waals surface area contributed by atoms with Crippen LogP contribution in [0.4, 0.5) is 0 Å². The van der Waals surface area contributed by atoms with Crippen molar-refractivity contribution >= 4 is 5.91 Å². The molecule has 8 nitrogen and oxygen atoms in total. The van der Waals surface area contributed by atoms with Gasteiger partial charge in [-0.1, -0.05) is 5.16 Å². The van der Waals surface area contributed by atoms with Gasteiger partial charge in [-0.2, -0.15) is 9.97 Å². The van der Waals surface area contributed by atoms with Gasteiger partial charge < -0.3 is 18.9 Å². The Morgan fingerprint density at radius 1 is 1.20 bits per heavy atom. The van der Waals surface area contributed by atoms with E-state index in [1.165, 1.54) is 0 Å². The third-order valence-corrected chi connectivity index (χ3v) is 4.57. The number of nitrogens with zero attached hydrogens (tertiary/aromatic N) is 4. The van der Waals surface area contributed by atoms with Crippen LogP contribution in [0.25, 0.3) is 0 Å². The third kappa shape index (κ3) is 3.57. The fourth-order valence-electron chi connectivity index (χ4n) is 2.91. The van der Waals surface area contributed by atoms with Crippen molar-refractivity contribution < 1.29 is 18.8 Å². The number of methoxy groups -OCH3 is 1. The number of ether oxygens (including phenoxy) is 2. The highest BCUT2D eigenvalue weighted by molar-refractivity contribution is 5.92. The van der Waals surface area contributed by atoms with E-state index in [1.807, 2.05) is 0 Å². The summed E-state index contributed by atoms with van der Waals surface area (Å²) in [7, 11) is 1.56. The first-order valence-electron chi connectivity index (χ1n) is 8.51. The van der Waals surface area contributed by atoms with Crippen molar-refractivity contribution in [3.63, 3.8) is 0 Å². The number of piperidine rings is 1. The standard InChI is InChI=1S/C17H20N4O4/c1-23-13-9-18-17(19-10-13)24-12-4-6-21(7-5-12)16(22)14-8-15(25-20-14)11-2-3-11/h8-12H,2-7H2,1H3. The molecule has 0 N–H and O–H groups in total. The molecular formula is C17H20N4O4. The lowest BCUT2D eigenvalue weighted by Gasteiger charge is -2.31. The Bertz CT molecular complexity index is 733. The summed E-state index contributed by atoms with van der Waals surface area (Å²) in [6.45, 7) is 1.23. The molecule has 25 heavy (non-hydrogen) atoms. The van der Waals surface area contributed by atoms with E-state index in [9.17, 15) is 4.79 Å². The average molecular weight is 344 g/mol. The minimum atomic E-state index is -0.0743. The molecule has 1 aliphatic heterocycles. The molecule has 2 aromatic heterocycles. The van der Waals surface area contributed by atoms with Crippen LogP contribution in [-0.4, -0.2) is 52.2 Å². The number of aromatic nitrogens is 3. The van der Waals surface area contributed by atoms with Gasteiger partial charge in [0.1, 0.15) is 11.9 Å². The minimum Gasteiger partial charge on any atom is -0.494 e. The molecule has 2 aromatic rings. The lowest BCUT2D eigenvalue weighted by atomic mass is 10.1. The molecule has 0 unspecified atom stereocenters. The van der Waals surface area contributed by atoms with Gasteiger partial charge in [0.2, 0.25) is 0 Å². The van der Waals surface area contributed by atoms with E-state index in [0.717, 1.165) is 31.4 Å². The summed E-state index contributed by atoms with van der Waals surface area (Å²) < 4.78 is 16.1. The minimum absolute atomic E-state index is 0.00298. The molecule has 1 amide bonds. The first-order chi connectivity index (χ1) is 12.2. The number of hydrogen-bond acceptors (Lipinski definition) is 7. The summed E-state index contributed by atoms with van der Waals surface area (Å²) in [5.74, 6) is 1.80. The smallest absolute Gasteiger partial charge is 0.316 e. The number of amides is 1. The van der Waals surface area contributed by atoms with Gasteiger partial charge in [-0.15, -0.1) is 0 Å². The van der Waals surface area contributed by atoms with Gasteiger partial charge in [-0.3, -0.25) is 4.79 Å². The van der Waals surface area contributed by atoms with Crippen molar-refractivity contribution in [1.29, 1.82) is 0 Å². The number of rotatable bonds is 5. The Morgan fingerprint density at radius 2 is 1.92 bits per heavy atom. The van der Waals surface area contributed by atoms with Crippen LogP contribution in [-0.2, 0) is 0 Å². The molecule has 0 radical (unpaired) electrons. The number of hydrogen-bond donors (Lipinski definition) is 0. The number of likely N-dealkylation sites (tertiary alicyclic amines) is 1. The number of carbonyl (C=O) groups is 1. The predicted octanol–water partition coefficient (Wildman–Crippen LogP) is 2.03. The molecule has 0 atom stereocenters. The van der Waals surface area contributed by atoms with Crippen LogP contribution < -0.4 is 9.47 Å². The van der Waals surface area contributed by atoms with E-state index in [1.54, 1.807) is 30.5 Å². The molecule has 4 rings (SSSR count). The first-order valence-corrected chi connectivity index (χ1v) is 8.51. The zero-order valence-electron chi connectivity index (χ0n) is 14.1. The Labute approximate surface area is 145 Å². The Balaban J connectivity index is 1.30. The molecule has 0 spiro atoms. The van der Waals surface area contributed by atoms with Crippen molar-refractivity contribution in [1.82, 2.24) is 20.0 Å². The fourth-order valence-corrected chi connectivity index (χ4v) is 2.91. The number of carbonyl (C=O) groups excluding carboxylic acids is 1. The van der Waals surface area contributed by atoms with Crippen molar-refractivity contribution in [2.24, 2.45) is 0 Å². The molecule has 0 bridgehead atoms. The fraction of sp³-hybridized carbons (Fsp3) is 0.529. The highest BCUT2D eigenvalue weighted by Gasteiger charge is 2.31. The van der Waals surface area contributed by atoms with E-state index in [2.05, 4.69) is 15.1 Å². The third-order valence-electron chi connectivity index (χ3n) is 4.57. The maximum absolute atomic E-state index is 12.5. The van der Waals surface area contributed by atoms with Crippen molar-refractivity contribution in [3.8, 4) is 11.8 Å². The van der Waals surface area contributed by atoms with Crippen LogP contribution in [0.5, 0.6) is 11.8 Å². The second-order valence-corrected chi connectivity index (χ2v) is 6.40. The van der Waals surface area contributed by atoms with Gasteiger partial charge in [-0.05, 0) is 12.8 Å². The molecule has 132 valence electrons. The second kappa shape index (κ2) is 6.70. The zero-order chi connectivity index (χ0) is 17.2. The molecule has 1 aliphatic carbocycles. The summed E-state index contributed by atoms with van der Waals surface area (Å²) in [4.78, 5) is 22.5. The van der Waals surface area contributed by atoms with Crippen LogP contribution in [0.3, 0.4) is 0 Å². The van der Waals surface area contributed by atoms with Crippen LogP contribution in [0, 0.1) is 0 Å². The van der Waals surface area contributed by atoms with Gasteiger partial charge in [-0.25, -0.2) is 0 Å². The van der Waals surface area contributed by atoms with Gasteiger partial charge in [0.15, 0.2) is 11.4 Å². The second-order valence-electron chi connectivity index (χ2n) is 6.40. The highest BCUT2D eigenvalue weighted by atomic mass is 16.5. The summed E-state index contributed by atoms with van der Waals surface area (Å²) in [6, 6.07) is 2.12. The topological polar surface area (TPSA) is 90.6 Å². The summed E-state index contributed by atoms with van der Waals surface area (Å²) in [5.41, 5.74) is 0.403. The monoisotopic (exact) mass is 344 g/mol. The Hall–Kier alpha value is -2.64. The van der Waals surface area contributed by atoms with E-state index >= 15 is 0 Å². The van der Waals surface area contributed by atoms with Crippen LogP contribution >= 0.6 is 0 Å². The summed E-state index contributed by atoms with van der Waals surface area (Å²) in [6.07, 6.45) is 6.85. The van der Waals surface area contributed by atoms with Gasteiger partial charge in [0.05, 0.1) is 19.5 Å². The van der Waals surface area contributed by atoms with Gasteiger partial charge >= 0.3 is 6.01 Å². The van der Waals surface area contributed by atoms with Crippen LogP contribution in [0.1, 0.15) is 47.8 Å². The molecule has 2 fully saturated rings. The molecule has 0 aromatic carbocycles. The maximum atomic E-state index is 12.5. The quantitative estimate of drug-likeness (QED) is 0.819. The Morgan fingerprint density at radius 3 is 2.56 bits per heavy atom. The zero-order valence-corrected chi connectivity index (χ0v) is 14.1. The maximum Gasteiger partial charge on any atom is 0.316 e. The van der Waals surface area contributed by atoms with Crippen LogP contribution in [0.2, 0.25) is 0 Å². The molecular weight excluding hydrogens is 324 g/mol. The molecule has 1 saturated carbocycles. The van der Waals surface area contributed by atoms with E-state index in [0.29, 0.717) is 36.5 Å². The van der Waals surface area contributed by atoms with E-state index in [-0.39, 0.29) is 12.0 Å².